The van der Waals surface area contributed by atoms with Gasteiger partial charge in [-0.2, -0.15) is 0 Å². The van der Waals surface area contributed by atoms with E-state index in [1.54, 1.807) is 12.2 Å². The Labute approximate surface area is 234 Å². The van der Waals surface area contributed by atoms with E-state index in [0.717, 1.165) is 18.4 Å². The molecule has 4 aliphatic rings. The summed E-state index contributed by atoms with van der Waals surface area (Å²) in [6.45, 7) is 16.0. The van der Waals surface area contributed by atoms with Gasteiger partial charge < -0.3 is 19.4 Å². The molecule has 0 radical (unpaired) electrons. The molecule has 0 aliphatic heterocycles. The molecule has 2 N–H and O–H groups in total. The molecule has 2 unspecified atom stereocenters. The first-order valence-corrected chi connectivity index (χ1v) is 17.6. The Morgan fingerprint density at radius 2 is 1.87 bits per heavy atom. The molecule has 3 fully saturated rings. The average Bonchev–Trinajstić information content (AvgIpc) is 3.10. The first kappa shape index (κ1) is 30.3. The van der Waals surface area contributed by atoms with Crippen LogP contribution in [0.4, 0.5) is 0 Å². The van der Waals surface area contributed by atoms with Crippen molar-refractivity contribution in [2.75, 3.05) is 0 Å². The Hall–Kier alpha value is -1.61. The molecule has 0 aromatic carbocycles. The number of esters is 1. The number of Topliss-reactive ketones (excluding diaryl/α,β-unsaturated/α-hetero) is 1. The Kier molecular flexibility index (Phi) is 7.81. The summed E-state index contributed by atoms with van der Waals surface area (Å²) in [4.78, 5) is 39.5. The van der Waals surface area contributed by atoms with Gasteiger partial charge in [0.05, 0.1) is 6.10 Å². The van der Waals surface area contributed by atoms with Crippen LogP contribution in [0.15, 0.2) is 23.8 Å². The summed E-state index contributed by atoms with van der Waals surface area (Å²) in [5.74, 6) is -1.09. The topological polar surface area (TPSA) is 110 Å². The quantitative estimate of drug-likeness (QED) is 0.248. The highest BCUT2D eigenvalue weighted by Crippen LogP contribution is 2.68. The number of carbonyl (C=O) groups is 3. The summed E-state index contributed by atoms with van der Waals surface area (Å²) in [7, 11) is -2.52. The fraction of sp³-hybridized carbons (Fsp3) is 0.774. The predicted octanol–water partition coefficient (Wildman–Crippen LogP) is 5.26. The molecular formula is C31H48O7Si. The number of rotatable bonds is 7. The van der Waals surface area contributed by atoms with Gasteiger partial charge in [0, 0.05) is 23.2 Å². The summed E-state index contributed by atoms with van der Waals surface area (Å²) in [5.41, 5.74) is -1.81. The molecule has 4 rings (SSSR count). The zero-order chi connectivity index (χ0) is 29.2. The molecule has 218 valence electrons. The molecular weight excluding hydrogens is 512 g/mol. The van der Waals surface area contributed by atoms with Gasteiger partial charge in [-0.15, -0.1) is 0 Å². The number of aliphatic hydroxyl groups excluding tert-OH is 2. The minimum absolute atomic E-state index is 0.00810. The first-order chi connectivity index (χ1) is 17.9. The minimum Gasteiger partial charge on any atom is -0.450 e. The number of aliphatic hydroxyl groups is 2. The van der Waals surface area contributed by atoms with Crippen LogP contribution in [0.1, 0.15) is 86.5 Å². The standard InChI is InChI=1S/C31H48O7Si/c1-9-10-24(34)37-31(26(35)27(36)38-39(7,8)28(2,3)4)16-14-22-21-12-11-19-17-20(32)13-15-29(19,5)25(21)23(33)18-30(22,31)6/h13,15,17,21-23,25,27,33,36H,9-12,14,16,18H2,1-8H3/t21-,22-,23?,25+,27?,29-,30-,31-/m0/s1. The van der Waals surface area contributed by atoms with Crippen molar-refractivity contribution >= 4 is 25.9 Å². The monoisotopic (exact) mass is 560 g/mol. The van der Waals surface area contributed by atoms with Gasteiger partial charge in [0.25, 0.3) is 0 Å². The number of fused-ring (bicyclic) bond motifs is 5. The highest BCUT2D eigenvalue weighted by Gasteiger charge is 2.71. The van der Waals surface area contributed by atoms with Crippen LogP contribution in [-0.2, 0) is 23.5 Å². The third-order valence-electron chi connectivity index (χ3n) is 11.2. The highest BCUT2D eigenvalue weighted by atomic mass is 28.4. The summed E-state index contributed by atoms with van der Waals surface area (Å²) < 4.78 is 12.3. The highest BCUT2D eigenvalue weighted by molar-refractivity contribution is 6.74. The van der Waals surface area contributed by atoms with Crippen molar-refractivity contribution in [3.8, 4) is 0 Å². The zero-order valence-corrected chi connectivity index (χ0v) is 26.0. The first-order valence-electron chi connectivity index (χ1n) is 14.7. The Morgan fingerprint density at radius 1 is 1.21 bits per heavy atom. The predicted molar refractivity (Wildman–Crippen MR) is 151 cm³/mol. The maximum Gasteiger partial charge on any atom is 0.306 e. The summed E-state index contributed by atoms with van der Waals surface area (Å²) in [6, 6.07) is 0. The molecule has 0 amide bonds. The lowest BCUT2D eigenvalue weighted by molar-refractivity contribution is -0.209. The second-order valence-corrected chi connectivity index (χ2v) is 19.2. The third kappa shape index (κ3) is 4.73. The van der Waals surface area contributed by atoms with Crippen LogP contribution in [0.5, 0.6) is 0 Å². The second-order valence-electron chi connectivity index (χ2n) is 14.4. The van der Waals surface area contributed by atoms with Crippen LogP contribution in [0.3, 0.4) is 0 Å². The van der Waals surface area contributed by atoms with Gasteiger partial charge in [0.2, 0.25) is 12.1 Å². The SMILES string of the molecule is CCCC(=O)O[C@]1(C(=O)C(O)O[Si](C)(C)C(C)(C)C)CC[C@H]2[C@@H]3CCC4=CC(=O)C=C[C@]4(C)[C@H]3C(O)C[C@@]21C. The van der Waals surface area contributed by atoms with Crippen LogP contribution < -0.4 is 0 Å². The molecule has 39 heavy (non-hydrogen) atoms. The van der Waals surface area contributed by atoms with E-state index in [-0.39, 0.29) is 41.4 Å². The number of ether oxygens (including phenoxy) is 1. The molecule has 8 heteroatoms. The summed E-state index contributed by atoms with van der Waals surface area (Å²) >= 11 is 0. The molecule has 4 aliphatic carbocycles. The van der Waals surface area contributed by atoms with Crippen LogP contribution in [0, 0.1) is 28.6 Å². The van der Waals surface area contributed by atoms with Crippen LogP contribution >= 0.6 is 0 Å². The zero-order valence-electron chi connectivity index (χ0n) is 25.0. The fourth-order valence-electron chi connectivity index (χ4n) is 8.09. The van der Waals surface area contributed by atoms with E-state index in [1.165, 1.54) is 0 Å². The molecule has 0 saturated heterocycles. The van der Waals surface area contributed by atoms with Gasteiger partial charge in [-0.3, -0.25) is 14.4 Å². The largest absolute Gasteiger partial charge is 0.450 e. The van der Waals surface area contributed by atoms with Gasteiger partial charge in [-0.1, -0.05) is 53.2 Å². The molecule has 3 saturated carbocycles. The summed E-state index contributed by atoms with van der Waals surface area (Å²) in [6.07, 6.45) is 6.32. The van der Waals surface area contributed by atoms with E-state index >= 15 is 0 Å². The fourth-order valence-corrected chi connectivity index (χ4v) is 9.11. The Bertz CT molecular complexity index is 1090. The number of carbonyl (C=O) groups excluding carboxylic acids is 3. The Balaban J connectivity index is 1.73. The van der Waals surface area contributed by atoms with Gasteiger partial charge in [-0.25, -0.2) is 0 Å². The number of allylic oxidation sites excluding steroid dienone is 4. The van der Waals surface area contributed by atoms with Crippen LogP contribution in [0.2, 0.25) is 18.1 Å². The van der Waals surface area contributed by atoms with E-state index in [1.807, 2.05) is 53.8 Å². The number of hydrogen-bond acceptors (Lipinski definition) is 7. The molecule has 0 heterocycles. The smallest absolute Gasteiger partial charge is 0.306 e. The van der Waals surface area contributed by atoms with Crippen molar-refractivity contribution in [3.63, 3.8) is 0 Å². The molecule has 0 spiro atoms. The molecule has 0 aromatic rings. The van der Waals surface area contributed by atoms with Crippen LogP contribution in [-0.4, -0.2) is 54.1 Å². The van der Waals surface area contributed by atoms with E-state index in [4.69, 9.17) is 9.16 Å². The van der Waals surface area contributed by atoms with E-state index < -0.39 is 48.9 Å². The van der Waals surface area contributed by atoms with Crippen molar-refractivity contribution in [2.24, 2.45) is 28.6 Å². The van der Waals surface area contributed by atoms with E-state index in [2.05, 4.69) is 6.92 Å². The Morgan fingerprint density at radius 3 is 2.49 bits per heavy atom. The van der Waals surface area contributed by atoms with Crippen LogP contribution in [0.25, 0.3) is 0 Å². The van der Waals surface area contributed by atoms with E-state index in [0.29, 0.717) is 19.3 Å². The lowest BCUT2D eigenvalue weighted by Gasteiger charge is -2.60. The van der Waals surface area contributed by atoms with Crippen molar-refractivity contribution < 1.29 is 33.8 Å². The number of hydrogen-bond donors (Lipinski definition) is 2. The lowest BCUT2D eigenvalue weighted by Crippen LogP contribution is -2.64. The molecule has 0 bridgehead atoms. The minimum atomic E-state index is -2.52. The molecule has 8 atom stereocenters. The summed E-state index contributed by atoms with van der Waals surface area (Å²) in [5, 5.41) is 22.8. The van der Waals surface area contributed by atoms with Crippen molar-refractivity contribution in [1.29, 1.82) is 0 Å². The van der Waals surface area contributed by atoms with Gasteiger partial charge in [0.1, 0.15) is 0 Å². The van der Waals surface area contributed by atoms with Crippen molar-refractivity contribution in [3.05, 3.63) is 23.8 Å². The number of ketones is 2. The second kappa shape index (κ2) is 10.0. The normalized spacial score (nSPS) is 38.8. The maximum absolute atomic E-state index is 14.3. The van der Waals surface area contributed by atoms with Crippen molar-refractivity contribution in [2.45, 2.75) is 123 Å². The van der Waals surface area contributed by atoms with Crippen molar-refractivity contribution in [1.82, 2.24) is 0 Å². The third-order valence-corrected chi connectivity index (χ3v) is 15.6. The maximum atomic E-state index is 14.3. The lowest BCUT2D eigenvalue weighted by atomic mass is 9.46. The molecule has 7 nitrogen and oxygen atoms in total. The van der Waals surface area contributed by atoms with Gasteiger partial charge >= 0.3 is 5.97 Å². The molecule has 0 aromatic heterocycles. The average molecular weight is 561 g/mol. The van der Waals surface area contributed by atoms with Gasteiger partial charge in [-0.05, 0) is 80.6 Å². The van der Waals surface area contributed by atoms with Gasteiger partial charge in [0.15, 0.2) is 19.7 Å². The van der Waals surface area contributed by atoms with E-state index in [9.17, 15) is 24.6 Å².